The zero-order chi connectivity index (χ0) is 12.9. The molecule has 3 nitrogen and oxygen atoms in total. The summed E-state index contributed by atoms with van der Waals surface area (Å²) < 4.78 is 27.0. The van der Waals surface area contributed by atoms with Gasteiger partial charge < -0.3 is 0 Å². The van der Waals surface area contributed by atoms with Crippen LogP contribution in [0, 0.1) is 6.92 Å². The van der Waals surface area contributed by atoms with E-state index < -0.39 is 10.0 Å². The van der Waals surface area contributed by atoms with Crippen molar-refractivity contribution < 1.29 is 8.42 Å². The van der Waals surface area contributed by atoms with E-state index in [9.17, 15) is 8.42 Å². The van der Waals surface area contributed by atoms with E-state index in [0.717, 1.165) is 10.0 Å². The van der Waals surface area contributed by atoms with E-state index in [-0.39, 0.29) is 5.75 Å². The standard InChI is InChI=1S/C11H15BrClNO2S/c1-9-8-10(12)4-5-11(9)14-17(15,16)7-3-2-6-13/h4-5,8,14H,2-3,6-7H2,1H3. The van der Waals surface area contributed by atoms with E-state index in [0.29, 0.717) is 24.4 Å². The van der Waals surface area contributed by atoms with Crippen LogP contribution in [0.1, 0.15) is 18.4 Å². The van der Waals surface area contributed by atoms with Crippen LogP contribution in [-0.4, -0.2) is 20.1 Å². The topological polar surface area (TPSA) is 46.2 Å². The molecule has 0 saturated heterocycles. The fourth-order valence-electron chi connectivity index (χ4n) is 1.35. The van der Waals surface area contributed by atoms with E-state index in [1.54, 1.807) is 6.07 Å². The summed E-state index contributed by atoms with van der Waals surface area (Å²) in [6, 6.07) is 5.43. The first-order chi connectivity index (χ1) is 7.94. The number of halogens is 2. The maximum absolute atomic E-state index is 11.7. The number of alkyl halides is 1. The Labute approximate surface area is 116 Å². The highest BCUT2D eigenvalue weighted by Gasteiger charge is 2.11. The third-order valence-corrected chi connectivity index (χ3v) is 4.37. The zero-order valence-corrected chi connectivity index (χ0v) is 12.7. The summed E-state index contributed by atoms with van der Waals surface area (Å²) in [6.45, 7) is 1.86. The third-order valence-electron chi connectivity index (χ3n) is 2.25. The maximum Gasteiger partial charge on any atom is 0.232 e. The number of sulfonamides is 1. The number of anilines is 1. The van der Waals surface area contributed by atoms with E-state index in [4.69, 9.17) is 11.6 Å². The smallest absolute Gasteiger partial charge is 0.232 e. The van der Waals surface area contributed by atoms with Crippen molar-refractivity contribution >= 4 is 43.2 Å². The van der Waals surface area contributed by atoms with Gasteiger partial charge in [0.2, 0.25) is 10.0 Å². The number of benzene rings is 1. The second kappa shape index (κ2) is 6.61. The molecule has 0 fully saturated rings. The van der Waals surface area contributed by atoms with Gasteiger partial charge in [-0.2, -0.15) is 0 Å². The first-order valence-corrected chi connectivity index (χ1v) is 8.25. The van der Waals surface area contributed by atoms with Gasteiger partial charge in [0.25, 0.3) is 0 Å². The molecule has 96 valence electrons. The van der Waals surface area contributed by atoms with Gasteiger partial charge in [0.15, 0.2) is 0 Å². The molecule has 0 aliphatic carbocycles. The van der Waals surface area contributed by atoms with Gasteiger partial charge in [0, 0.05) is 10.4 Å². The molecule has 0 aliphatic rings. The summed E-state index contributed by atoms with van der Waals surface area (Å²) in [5.74, 6) is 0.599. The SMILES string of the molecule is Cc1cc(Br)ccc1NS(=O)(=O)CCCCCl. The van der Waals surface area contributed by atoms with Crippen molar-refractivity contribution in [2.75, 3.05) is 16.4 Å². The first-order valence-electron chi connectivity index (χ1n) is 5.27. The van der Waals surface area contributed by atoms with E-state index in [1.165, 1.54) is 0 Å². The Bertz CT molecular complexity index is 476. The van der Waals surface area contributed by atoms with Crippen molar-refractivity contribution in [3.63, 3.8) is 0 Å². The number of hydrogen-bond donors (Lipinski definition) is 1. The minimum atomic E-state index is -3.27. The van der Waals surface area contributed by atoms with Crippen LogP contribution in [0.3, 0.4) is 0 Å². The molecule has 0 unspecified atom stereocenters. The van der Waals surface area contributed by atoms with Crippen LogP contribution >= 0.6 is 27.5 Å². The summed E-state index contributed by atoms with van der Waals surface area (Å²) in [5, 5.41) is 0. The highest BCUT2D eigenvalue weighted by molar-refractivity contribution is 9.10. The highest BCUT2D eigenvalue weighted by Crippen LogP contribution is 2.21. The molecule has 0 radical (unpaired) electrons. The summed E-state index contributed by atoms with van der Waals surface area (Å²) in [4.78, 5) is 0. The quantitative estimate of drug-likeness (QED) is 0.636. The van der Waals surface area contributed by atoms with E-state index in [2.05, 4.69) is 20.7 Å². The highest BCUT2D eigenvalue weighted by atomic mass is 79.9. The van der Waals surface area contributed by atoms with Crippen molar-refractivity contribution in [3.05, 3.63) is 28.2 Å². The predicted molar refractivity (Wildman–Crippen MR) is 76.2 cm³/mol. The number of nitrogens with one attached hydrogen (secondary N) is 1. The third kappa shape index (κ3) is 5.27. The van der Waals surface area contributed by atoms with Crippen LogP contribution in [0.5, 0.6) is 0 Å². The second-order valence-corrected chi connectivity index (χ2v) is 6.91. The predicted octanol–water partition coefficient (Wildman–Crippen LogP) is 3.52. The monoisotopic (exact) mass is 339 g/mol. The van der Waals surface area contributed by atoms with Crippen LogP contribution in [0.25, 0.3) is 0 Å². The zero-order valence-electron chi connectivity index (χ0n) is 9.54. The lowest BCUT2D eigenvalue weighted by Gasteiger charge is -2.10. The molecule has 0 atom stereocenters. The van der Waals surface area contributed by atoms with Gasteiger partial charge in [0.1, 0.15) is 0 Å². The molecular weight excluding hydrogens is 326 g/mol. The summed E-state index contributed by atoms with van der Waals surface area (Å²) in [5.41, 5.74) is 1.51. The van der Waals surface area contributed by atoms with Crippen LogP contribution in [-0.2, 0) is 10.0 Å². The molecule has 17 heavy (non-hydrogen) atoms. The molecule has 0 aliphatic heterocycles. The fraction of sp³-hybridized carbons (Fsp3) is 0.455. The fourth-order valence-corrected chi connectivity index (χ4v) is 3.26. The lowest BCUT2D eigenvalue weighted by atomic mass is 10.2. The molecule has 1 rings (SSSR count). The number of hydrogen-bond acceptors (Lipinski definition) is 2. The van der Waals surface area contributed by atoms with E-state index in [1.807, 2.05) is 19.1 Å². The lowest BCUT2D eigenvalue weighted by Crippen LogP contribution is -2.17. The summed E-state index contributed by atoms with van der Waals surface area (Å²) >= 11 is 8.85. The number of unbranched alkanes of at least 4 members (excludes halogenated alkanes) is 1. The summed E-state index contributed by atoms with van der Waals surface area (Å²) in [6.07, 6.45) is 1.29. The van der Waals surface area contributed by atoms with Gasteiger partial charge in [0.05, 0.1) is 11.4 Å². The van der Waals surface area contributed by atoms with Crippen molar-refractivity contribution in [2.45, 2.75) is 19.8 Å². The van der Waals surface area contributed by atoms with Crippen LogP contribution in [0.15, 0.2) is 22.7 Å². The van der Waals surface area contributed by atoms with Crippen molar-refractivity contribution in [2.24, 2.45) is 0 Å². The molecule has 0 spiro atoms. The van der Waals surface area contributed by atoms with Gasteiger partial charge in [-0.15, -0.1) is 11.6 Å². The average molecular weight is 341 g/mol. The Morgan fingerprint density at radius 3 is 2.65 bits per heavy atom. The second-order valence-electron chi connectivity index (χ2n) is 3.78. The minimum Gasteiger partial charge on any atom is -0.283 e. The first kappa shape index (κ1) is 14.8. The molecule has 0 aromatic heterocycles. The average Bonchev–Trinajstić information content (AvgIpc) is 2.22. The van der Waals surface area contributed by atoms with Gasteiger partial charge in [-0.05, 0) is 43.5 Å². The number of rotatable bonds is 6. The Morgan fingerprint density at radius 2 is 2.06 bits per heavy atom. The number of aryl methyl sites for hydroxylation is 1. The molecule has 1 aromatic rings. The molecular formula is C11H15BrClNO2S. The normalized spacial score (nSPS) is 11.5. The van der Waals surface area contributed by atoms with Gasteiger partial charge in [-0.3, -0.25) is 4.72 Å². The Kier molecular flexibility index (Phi) is 5.76. The lowest BCUT2D eigenvalue weighted by molar-refractivity contribution is 0.598. The van der Waals surface area contributed by atoms with Crippen molar-refractivity contribution in [1.29, 1.82) is 0 Å². The van der Waals surface area contributed by atoms with Gasteiger partial charge in [-0.25, -0.2) is 8.42 Å². The van der Waals surface area contributed by atoms with Crippen LogP contribution in [0.4, 0.5) is 5.69 Å². The molecule has 0 heterocycles. The molecule has 0 bridgehead atoms. The maximum atomic E-state index is 11.7. The molecule has 6 heteroatoms. The Morgan fingerprint density at radius 1 is 1.35 bits per heavy atom. The van der Waals surface area contributed by atoms with Gasteiger partial charge in [-0.1, -0.05) is 15.9 Å². The Balaban J connectivity index is 2.69. The molecule has 0 amide bonds. The molecule has 0 saturated carbocycles. The van der Waals surface area contributed by atoms with Gasteiger partial charge >= 0.3 is 0 Å². The van der Waals surface area contributed by atoms with Crippen LogP contribution in [0.2, 0.25) is 0 Å². The van der Waals surface area contributed by atoms with Crippen molar-refractivity contribution in [1.82, 2.24) is 0 Å². The summed E-state index contributed by atoms with van der Waals surface area (Å²) in [7, 11) is -3.27. The minimum absolute atomic E-state index is 0.106. The van der Waals surface area contributed by atoms with Crippen LogP contribution < -0.4 is 4.72 Å². The largest absolute Gasteiger partial charge is 0.283 e. The van der Waals surface area contributed by atoms with Crippen molar-refractivity contribution in [3.8, 4) is 0 Å². The van der Waals surface area contributed by atoms with E-state index >= 15 is 0 Å². The molecule has 1 aromatic carbocycles. The molecule has 1 N–H and O–H groups in total. The Hall–Kier alpha value is -0.260.